The van der Waals surface area contributed by atoms with Gasteiger partial charge in [0.15, 0.2) is 0 Å². The van der Waals surface area contributed by atoms with Crippen LogP contribution in [0.1, 0.15) is 23.2 Å². The van der Waals surface area contributed by atoms with Crippen molar-refractivity contribution in [3.63, 3.8) is 0 Å². The highest BCUT2D eigenvalue weighted by Crippen LogP contribution is 2.64. The van der Waals surface area contributed by atoms with Crippen LogP contribution in [0, 0.1) is 10.1 Å². The topological polar surface area (TPSA) is 72.2 Å². The summed E-state index contributed by atoms with van der Waals surface area (Å²) in [5, 5.41) is 12.6. The van der Waals surface area contributed by atoms with Crippen LogP contribution in [0.15, 0.2) is 23.1 Å². The molecule has 1 rings (SSSR count). The third kappa shape index (κ3) is 5.98. The van der Waals surface area contributed by atoms with Crippen molar-refractivity contribution >= 4 is 33.3 Å². The average Bonchev–Trinajstić information content (AvgIpc) is 2.84. The molecule has 0 fully saturated rings. The van der Waals surface area contributed by atoms with E-state index in [0.717, 1.165) is 12.1 Å². The molecule has 0 saturated carbocycles. The van der Waals surface area contributed by atoms with E-state index in [1.807, 2.05) is 0 Å². The van der Waals surface area contributed by atoms with Gasteiger partial charge in [-0.1, -0.05) is 0 Å². The number of alkyl halides is 17. The Hall–Kier alpha value is -2.46. The minimum atomic E-state index is -8.71. The summed E-state index contributed by atoms with van der Waals surface area (Å²) in [7, 11) is 5.69. The highest BCUT2D eigenvalue weighted by atomic mass is 35.7. The molecule has 0 aliphatic rings. The molecule has 1 aromatic rings. The number of benzene rings is 1. The molecule has 0 saturated heterocycles. The van der Waals surface area contributed by atoms with E-state index in [1.54, 1.807) is 5.32 Å². The van der Waals surface area contributed by atoms with E-state index in [4.69, 9.17) is 10.7 Å². The molecule has 0 bridgehead atoms. The molecule has 24 heteroatoms. The smallest absolute Gasteiger partial charge is 0.352 e. The summed E-state index contributed by atoms with van der Waals surface area (Å²) in [6.45, 7) is -1.24. The largest absolute Gasteiger partial charge is 0.460 e. The molecule has 0 aromatic heterocycles. The lowest BCUT2D eigenvalue weighted by Gasteiger charge is -2.42. The van der Waals surface area contributed by atoms with Crippen molar-refractivity contribution in [2.75, 3.05) is 6.54 Å². The van der Waals surface area contributed by atoms with Crippen molar-refractivity contribution in [3.8, 4) is 0 Å². The Morgan fingerprint density at radius 2 is 1.19 bits per heavy atom. The Morgan fingerprint density at radius 3 is 1.60 bits per heavy atom. The van der Waals surface area contributed by atoms with Gasteiger partial charge in [-0.05, 0) is 40.2 Å². The number of amides is 1. The first-order valence-corrected chi connectivity index (χ1v) is 11.7. The Kier molecular flexibility index (Phi) is 10.3. The van der Waals surface area contributed by atoms with Crippen molar-refractivity contribution in [1.29, 1.82) is 0 Å². The summed E-state index contributed by atoms with van der Waals surface area (Å²) < 4.78 is 225. The van der Waals surface area contributed by atoms with Crippen LogP contribution in [0.3, 0.4) is 0 Å². The van der Waals surface area contributed by atoms with Crippen LogP contribution >= 0.6 is 21.7 Å². The highest BCUT2D eigenvalue weighted by molar-refractivity contribution is 8.21. The molecule has 0 aliphatic heterocycles. The molecule has 5 nitrogen and oxygen atoms in total. The maximum Gasteiger partial charge on any atom is 0.460 e. The quantitative estimate of drug-likeness (QED) is 0.0977. The zero-order valence-electron chi connectivity index (χ0n) is 19.2. The molecule has 0 spiro atoms. The van der Waals surface area contributed by atoms with Gasteiger partial charge in [-0.3, -0.25) is 14.9 Å². The van der Waals surface area contributed by atoms with Crippen LogP contribution in [0.5, 0.6) is 0 Å². The van der Waals surface area contributed by atoms with E-state index in [1.165, 1.54) is 0 Å². The maximum atomic E-state index is 13.9. The molecule has 42 heavy (non-hydrogen) atoms. The second-order valence-electron chi connectivity index (χ2n) is 8.02. The molecule has 1 amide bonds. The SMILES string of the molecule is O=C(NCCCC(F)(F)C(F)(F)C(F)(F)C(F)(F)C(F)(F)C(F)(F)C(F)(F)C(F)(F)F)c1ccc(SCl)c([N+](=O)[O-])c1. The van der Waals surface area contributed by atoms with Crippen LogP contribution in [0.25, 0.3) is 0 Å². The van der Waals surface area contributed by atoms with E-state index in [9.17, 15) is 89.5 Å². The molecular weight excluding hydrogens is 683 g/mol. The third-order valence-corrected chi connectivity index (χ3v) is 6.25. The van der Waals surface area contributed by atoms with Gasteiger partial charge in [-0.25, -0.2) is 0 Å². The Morgan fingerprint density at radius 1 is 0.762 bits per heavy atom. The molecule has 242 valence electrons. The third-order valence-electron chi connectivity index (χ3n) is 5.24. The number of hydrogen-bond acceptors (Lipinski definition) is 4. The number of carbonyl (C=O) groups is 1. The van der Waals surface area contributed by atoms with E-state index >= 15 is 0 Å². The number of halogens is 18. The number of rotatable bonds is 13. The fourth-order valence-electron chi connectivity index (χ4n) is 2.83. The van der Waals surface area contributed by atoms with Crippen LogP contribution in [-0.4, -0.2) is 65.0 Å². The van der Waals surface area contributed by atoms with Gasteiger partial charge in [0.2, 0.25) is 0 Å². The van der Waals surface area contributed by atoms with Crippen LogP contribution in [0.4, 0.5) is 80.3 Å². The van der Waals surface area contributed by atoms with Gasteiger partial charge < -0.3 is 5.32 Å². The standard InChI is InChI=1S/C18H10ClF17N2O3S/c19-42-9-3-2-7(6-8(9)38(40)41)10(39)37-5-1-4-11(20,21)12(22,23)13(24,25)14(26,27)15(28,29)16(30,31)17(32,33)18(34,35)36/h2-3,6H,1,4-5H2,(H,37,39). The predicted octanol–water partition coefficient (Wildman–Crippen LogP) is 8.36. The van der Waals surface area contributed by atoms with Gasteiger partial charge in [-0.2, -0.15) is 74.6 Å². The minimum absolute atomic E-state index is 0.191. The summed E-state index contributed by atoms with van der Waals surface area (Å²) in [4.78, 5) is 21.7. The Labute approximate surface area is 229 Å². The van der Waals surface area contributed by atoms with Crippen molar-refractivity contribution in [3.05, 3.63) is 33.9 Å². The number of nitro groups is 1. The van der Waals surface area contributed by atoms with Crippen molar-refractivity contribution in [2.24, 2.45) is 0 Å². The van der Waals surface area contributed by atoms with E-state index in [0.29, 0.717) is 17.0 Å². The lowest BCUT2D eigenvalue weighted by molar-refractivity contribution is -0.461. The normalized spacial score (nSPS) is 14.6. The van der Waals surface area contributed by atoms with Gasteiger partial charge in [0.25, 0.3) is 11.6 Å². The van der Waals surface area contributed by atoms with E-state index in [-0.39, 0.29) is 4.90 Å². The number of hydrogen-bond donors (Lipinski definition) is 1. The van der Waals surface area contributed by atoms with Gasteiger partial charge in [0.05, 0.1) is 4.92 Å². The van der Waals surface area contributed by atoms with Crippen molar-refractivity contribution in [2.45, 2.75) is 65.4 Å². The molecule has 1 aromatic carbocycles. The first kappa shape index (κ1) is 37.6. The monoisotopic (exact) mass is 692 g/mol. The summed E-state index contributed by atoms with van der Waals surface area (Å²) in [5.41, 5.74) is -1.34. The second-order valence-corrected chi connectivity index (χ2v) is 9.08. The molecule has 0 atom stereocenters. The Bertz CT molecular complexity index is 1180. The van der Waals surface area contributed by atoms with Crippen LogP contribution in [-0.2, 0) is 0 Å². The van der Waals surface area contributed by atoms with E-state index < -0.39 is 89.1 Å². The zero-order chi connectivity index (χ0) is 33.5. The van der Waals surface area contributed by atoms with Crippen LogP contribution < -0.4 is 5.32 Å². The molecule has 1 N–H and O–H groups in total. The summed E-state index contributed by atoms with van der Waals surface area (Å²) in [6.07, 6.45) is -12.2. The number of nitrogens with zero attached hydrogens (tertiary/aromatic N) is 1. The number of carbonyl (C=O) groups excluding carboxylic acids is 1. The van der Waals surface area contributed by atoms with Gasteiger partial charge in [0, 0.05) is 24.6 Å². The summed E-state index contributed by atoms with van der Waals surface area (Å²) >= 11 is 0. The van der Waals surface area contributed by atoms with Gasteiger partial charge >= 0.3 is 47.6 Å². The second kappa shape index (κ2) is 11.6. The Balaban J connectivity index is 3.18. The summed E-state index contributed by atoms with van der Waals surface area (Å²) in [6, 6.07) is 2.38. The lowest BCUT2D eigenvalue weighted by Crippen LogP contribution is -2.74. The maximum absolute atomic E-state index is 13.9. The molecular formula is C18H10ClF17N2O3S. The molecule has 0 heterocycles. The summed E-state index contributed by atoms with van der Waals surface area (Å²) in [5.74, 6) is -58.3. The molecule has 0 unspecified atom stereocenters. The minimum Gasteiger partial charge on any atom is -0.352 e. The fraction of sp³-hybridized carbons (Fsp3) is 0.611. The molecule has 0 aliphatic carbocycles. The van der Waals surface area contributed by atoms with Crippen molar-refractivity contribution < 1.29 is 84.4 Å². The fourth-order valence-corrected chi connectivity index (χ4v) is 3.56. The first-order chi connectivity index (χ1) is 18.5. The number of nitrogens with one attached hydrogen (secondary N) is 1. The number of nitro benzene ring substituents is 1. The van der Waals surface area contributed by atoms with Gasteiger partial charge in [-0.15, -0.1) is 0 Å². The highest BCUT2D eigenvalue weighted by Gasteiger charge is 2.95. The van der Waals surface area contributed by atoms with E-state index in [2.05, 4.69) is 0 Å². The van der Waals surface area contributed by atoms with Crippen LogP contribution in [0.2, 0.25) is 0 Å². The van der Waals surface area contributed by atoms with Gasteiger partial charge in [0.1, 0.15) is 4.90 Å². The lowest BCUT2D eigenvalue weighted by atomic mass is 9.88. The average molecular weight is 693 g/mol. The predicted molar refractivity (Wildman–Crippen MR) is 107 cm³/mol. The van der Waals surface area contributed by atoms with Crippen molar-refractivity contribution in [1.82, 2.24) is 5.32 Å². The zero-order valence-corrected chi connectivity index (χ0v) is 20.8. The molecule has 0 radical (unpaired) electrons. The first-order valence-electron chi connectivity index (χ1n) is 10.1.